The Morgan fingerprint density at radius 2 is 2.11 bits per heavy atom. The molecule has 1 aliphatic carbocycles. The Labute approximate surface area is 120 Å². The highest BCUT2D eigenvalue weighted by molar-refractivity contribution is 9.10. The molecule has 2 rings (SSSR count). The number of hydrogen-bond acceptors (Lipinski definition) is 4. The Hall–Kier alpha value is -0.980. The number of benzene rings is 1. The lowest BCUT2D eigenvalue weighted by atomic mass is 10.0. The average molecular weight is 329 g/mol. The summed E-state index contributed by atoms with van der Waals surface area (Å²) in [7, 11) is 0. The molecule has 5 nitrogen and oxygen atoms in total. The van der Waals surface area contributed by atoms with Gasteiger partial charge in [-0.2, -0.15) is 0 Å². The van der Waals surface area contributed by atoms with E-state index in [-0.39, 0.29) is 11.2 Å². The minimum absolute atomic E-state index is 0.0710. The molecule has 0 saturated heterocycles. The van der Waals surface area contributed by atoms with E-state index in [4.69, 9.17) is 10.5 Å². The Morgan fingerprint density at radius 3 is 2.68 bits per heavy atom. The van der Waals surface area contributed by atoms with Crippen LogP contribution in [0.1, 0.15) is 31.2 Å². The molecule has 0 radical (unpaired) electrons. The lowest BCUT2D eigenvalue weighted by Gasteiger charge is -2.23. The summed E-state index contributed by atoms with van der Waals surface area (Å²) in [6.07, 6.45) is 4.35. The number of ether oxygens (including phenoxy) is 1. The minimum atomic E-state index is -0.414. The first-order chi connectivity index (χ1) is 9.00. The van der Waals surface area contributed by atoms with Gasteiger partial charge in [0.1, 0.15) is 0 Å². The Kier molecular flexibility index (Phi) is 4.54. The second kappa shape index (κ2) is 5.98. The van der Waals surface area contributed by atoms with Crippen LogP contribution in [0.3, 0.4) is 0 Å². The molecule has 0 aromatic heterocycles. The van der Waals surface area contributed by atoms with E-state index in [1.807, 2.05) is 0 Å². The van der Waals surface area contributed by atoms with E-state index in [1.54, 1.807) is 6.07 Å². The number of non-ortho nitro benzene ring substituents is 1. The zero-order valence-corrected chi connectivity index (χ0v) is 12.2. The first-order valence-corrected chi connectivity index (χ1v) is 7.09. The van der Waals surface area contributed by atoms with Crippen LogP contribution in [0, 0.1) is 10.1 Å². The molecule has 0 atom stereocenters. The summed E-state index contributed by atoms with van der Waals surface area (Å²) in [6, 6.07) is 4.68. The number of hydrogen-bond donors (Lipinski definition) is 1. The molecule has 1 aliphatic rings. The zero-order chi connectivity index (χ0) is 13.9. The predicted molar refractivity (Wildman–Crippen MR) is 75.8 cm³/mol. The fraction of sp³-hybridized carbons (Fsp3) is 0.538. The summed E-state index contributed by atoms with van der Waals surface area (Å²) < 4.78 is 6.36. The van der Waals surface area contributed by atoms with Crippen molar-refractivity contribution in [2.45, 2.75) is 37.8 Å². The maximum absolute atomic E-state index is 10.6. The molecule has 0 unspecified atom stereocenters. The van der Waals surface area contributed by atoms with Crippen molar-refractivity contribution < 1.29 is 9.66 Å². The standard InChI is InChI=1S/C13H17BrN2O3/c14-12-7-11(16(17)18)4-3-10(12)8-19-9-13(15)5-1-2-6-13/h3-4,7H,1-2,5-6,8-9,15H2. The van der Waals surface area contributed by atoms with E-state index in [2.05, 4.69) is 15.9 Å². The molecule has 0 amide bonds. The van der Waals surface area contributed by atoms with Crippen molar-refractivity contribution in [1.82, 2.24) is 0 Å². The highest BCUT2D eigenvalue weighted by atomic mass is 79.9. The topological polar surface area (TPSA) is 78.4 Å². The molecule has 0 spiro atoms. The summed E-state index contributed by atoms with van der Waals surface area (Å²) in [6.45, 7) is 0.952. The largest absolute Gasteiger partial charge is 0.375 e. The fourth-order valence-electron chi connectivity index (χ4n) is 2.35. The average Bonchev–Trinajstić information content (AvgIpc) is 2.78. The fourth-order valence-corrected chi connectivity index (χ4v) is 2.84. The number of nitrogens with zero attached hydrogens (tertiary/aromatic N) is 1. The van der Waals surface area contributed by atoms with E-state index in [9.17, 15) is 10.1 Å². The van der Waals surface area contributed by atoms with Crippen LogP contribution in [0.25, 0.3) is 0 Å². The highest BCUT2D eigenvalue weighted by Gasteiger charge is 2.29. The highest BCUT2D eigenvalue weighted by Crippen LogP contribution is 2.28. The molecule has 1 aromatic carbocycles. The quantitative estimate of drug-likeness (QED) is 0.665. The number of nitro benzene ring substituents is 1. The Morgan fingerprint density at radius 1 is 1.42 bits per heavy atom. The third kappa shape index (κ3) is 3.75. The lowest BCUT2D eigenvalue weighted by Crippen LogP contribution is -2.41. The summed E-state index contributed by atoms with van der Waals surface area (Å²) in [4.78, 5) is 10.2. The van der Waals surface area contributed by atoms with E-state index in [1.165, 1.54) is 25.0 Å². The first kappa shape index (κ1) is 14.4. The minimum Gasteiger partial charge on any atom is -0.375 e. The molecule has 0 aliphatic heterocycles. The van der Waals surface area contributed by atoms with Gasteiger partial charge in [-0.15, -0.1) is 0 Å². The lowest BCUT2D eigenvalue weighted by molar-refractivity contribution is -0.384. The van der Waals surface area contributed by atoms with Crippen LogP contribution in [0.4, 0.5) is 5.69 Å². The van der Waals surface area contributed by atoms with E-state index in [0.717, 1.165) is 18.4 Å². The molecule has 104 valence electrons. The molecular weight excluding hydrogens is 312 g/mol. The normalized spacial score (nSPS) is 17.6. The molecule has 1 saturated carbocycles. The van der Waals surface area contributed by atoms with Gasteiger partial charge in [0.25, 0.3) is 5.69 Å². The predicted octanol–water partition coefficient (Wildman–Crippen LogP) is 3.15. The SMILES string of the molecule is NC1(COCc2ccc([N+](=O)[O-])cc2Br)CCCC1. The summed E-state index contributed by atoms with van der Waals surface area (Å²) in [5.41, 5.74) is 6.98. The van der Waals surface area contributed by atoms with Crippen molar-refractivity contribution in [1.29, 1.82) is 0 Å². The van der Waals surface area contributed by atoms with Gasteiger partial charge in [0.15, 0.2) is 0 Å². The van der Waals surface area contributed by atoms with Gasteiger partial charge in [-0.05, 0) is 24.5 Å². The van der Waals surface area contributed by atoms with Gasteiger partial charge in [-0.25, -0.2) is 0 Å². The zero-order valence-electron chi connectivity index (χ0n) is 10.6. The van der Waals surface area contributed by atoms with Crippen molar-refractivity contribution in [2.24, 2.45) is 5.73 Å². The number of nitrogens with two attached hydrogens (primary N) is 1. The smallest absolute Gasteiger partial charge is 0.270 e. The van der Waals surface area contributed by atoms with Gasteiger partial charge in [0, 0.05) is 22.1 Å². The van der Waals surface area contributed by atoms with Crippen molar-refractivity contribution in [3.05, 3.63) is 38.3 Å². The van der Waals surface area contributed by atoms with Gasteiger partial charge < -0.3 is 10.5 Å². The third-order valence-electron chi connectivity index (χ3n) is 3.49. The molecular formula is C13H17BrN2O3. The molecule has 1 fully saturated rings. The van der Waals surface area contributed by atoms with Crippen LogP contribution in [0.15, 0.2) is 22.7 Å². The van der Waals surface area contributed by atoms with Crippen molar-refractivity contribution in [3.63, 3.8) is 0 Å². The molecule has 0 bridgehead atoms. The molecule has 1 aromatic rings. The maximum atomic E-state index is 10.6. The van der Waals surface area contributed by atoms with Gasteiger partial charge in [0.2, 0.25) is 0 Å². The van der Waals surface area contributed by atoms with Gasteiger partial charge in [-0.3, -0.25) is 10.1 Å². The van der Waals surface area contributed by atoms with Crippen LogP contribution >= 0.6 is 15.9 Å². The van der Waals surface area contributed by atoms with Gasteiger partial charge in [0.05, 0.1) is 18.1 Å². The molecule has 6 heteroatoms. The number of rotatable bonds is 5. The Bertz CT molecular complexity index is 473. The molecule has 19 heavy (non-hydrogen) atoms. The summed E-state index contributed by atoms with van der Waals surface area (Å²) in [5, 5.41) is 10.6. The monoisotopic (exact) mass is 328 g/mol. The summed E-state index contributed by atoms with van der Waals surface area (Å²) >= 11 is 3.33. The van der Waals surface area contributed by atoms with Crippen LogP contribution in [0.2, 0.25) is 0 Å². The van der Waals surface area contributed by atoms with Crippen molar-refractivity contribution >= 4 is 21.6 Å². The van der Waals surface area contributed by atoms with Gasteiger partial charge >= 0.3 is 0 Å². The van der Waals surface area contributed by atoms with Crippen molar-refractivity contribution in [3.8, 4) is 0 Å². The van der Waals surface area contributed by atoms with Crippen LogP contribution < -0.4 is 5.73 Å². The maximum Gasteiger partial charge on any atom is 0.270 e. The van der Waals surface area contributed by atoms with E-state index < -0.39 is 4.92 Å². The Balaban J connectivity index is 1.91. The summed E-state index contributed by atoms with van der Waals surface area (Å²) in [5.74, 6) is 0. The number of halogens is 1. The number of nitro groups is 1. The molecule has 0 heterocycles. The first-order valence-electron chi connectivity index (χ1n) is 6.30. The second-order valence-corrected chi connectivity index (χ2v) is 5.95. The van der Waals surface area contributed by atoms with E-state index >= 15 is 0 Å². The van der Waals surface area contributed by atoms with Crippen LogP contribution in [-0.4, -0.2) is 17.1 Å². The van der Waals surface area contributed by atoms with Crippen LogP contribution in [0.5, 0.6) is 0 Å². The third-order valence-corrected chi connectivity index (χ3v) is 4.23. The van der Waals surface area contributed by atoms with Gasteiger partial charge in [-0.1, -0.05) is 28.8 Å². The van der Waals surface area contributed by atoms with Crippen LogP contribution in [-0.2, 0) is 11.3 Å². The molecule has 2 N–H and O–H groups in total. The second-order valence-electron chi connectivity index (χ2n) is 5.10. The van der Waals surface area contributed by atoms with E-state index in [0.29, 0.717) is 17.7 Å². The van der Waals surface area contributed by atoms with Crippen molar-refractivity contribution in [2.75, 3.05) is 6.61 Å².